The molecule has 100 valence electrons. The van der Waals surface area contributed by atoms with Crippen LogP contribution < -0.4 is 5.32 Å². The molecule has 1 N–H and O–H groups in total. The first kappa shape index (κ1) is 13.6. The Morgan fingerprint density at radius 1 is 1.17 bits per heavy atom. The lowest BCUT2D eigenvalue weighted by Gasteiger charge is -2.32. The van der Waals surface area contributed by atoms with Gasteiger partial charge in [-0.3, -0.25) is 0 Å². The van der Waals surface area contributed by atoms with Gasteiger partial charge in [0.2, 0.25) is 0 Å². The highest BCUT2D eigenvalue weighted by Crippen LogP contribution is 2.31. The summed E-state index contributed by atoms with van der Waals surface area (Å²) in [5.74, 6) is 0.765. The van der Waals surface area contributed by atoms with E-state index >= 15 is 0 Å². The molecule has 0 aromatic heterocycles. The molecule has 2 rings (SSSR count). The van der Waals surface area contributed by atoms with Crippen LogP contribution in [-0.4, -0.2) is 12.1 Å². The zero-order chi connectivity index (χ0) is 13.2. The minimum absolute atomic E-state index is 0.356. The fourth-order valence-corrected chi connectivity index (χ4v) is 3.61. The molecule has 0 spiro atoms. The van der Waals surface area contributed by atoms with E-state index in [1.807, 2.05) is 0 Å². The summed E-state index contributed by atoms with van der Waals surface area (Å²) in [7, 11) is 0. The van der Waals surface area contributed by atoms with Crippen LogP contribution in [0.1, 0.15) is 49.8 Å². The summed E-state index contributed by atoms with van der Waals surface area (Å²) in [6, 6.07) is 6.98. The summed E-state index contributed by atoms with van der Waals surface area (Å²) in [5.41, 5.74) is 4.64. The van der Waals surface area contributed by atoms with Crippen molar-refractivity contribution in [1.82, 2.24) is 5.32 Å². The second-order valence-corrected chi connectivity index (χ2v) is 6.58. The van der Waals surface area contributed by atoms with E-state index in [9.17, 15) is 0 Å². The van der Waals surface area contributed by atoms with Crippen molar-refractivity contribution in [3.05, 3.63) is 34.9 Å². The number of aryl methyl sites for hydroxylation is 2. The highest BCUT2D eigenvalue weighted by Gasteiger charge is 2.33. The van der Waals surface area contributed by atoms with Gasteiger partial charge in [-0.05, 0) is 57.6 Å². The van der Waals surface area contributed by atoms with E-state index in [0.29, 0.717) is 5.54 Å². The Morgan fingerprint density at radius 3 is 2.33 bits per heavy atom. The molecule has 1 nitrogen and oxygen atoms in total. The minimum Gasteiger partial charge on any atom is -0.311 e. The van der Waals surface area contributed by atoms with Gasteiger partial charge in [-0.2, -0.15) is 0 Å². The monoisotopic (exact) mass is 245 g/mol. The largest absolute Gasteiger partial charge is 0.311 e. The number of rotatable bonds is 4. The standard InChI is InChI=1S/C17H27N/c1-13(2)11-17(6-5-7-18-17)12-16-9-14(3)8-15(4)10-16/h8-10,13,18H,5-7,11-12H2,1-4H3. The number of hydrogen-bond acceptors (Lipinski definition) is 1. The Kier molecular flexibility index (Phi) is 4.11. The molecule has 1 unspecified atom stereocenters. The Bertz CT molecular complexity index is 380. The van der Waals surface area contributed by atoms with Gasteiger partial charge >= 0.3 is 0 Å². The van der Waals surface area contributed by atoms with Crippen LogP contribution >= 0.6 is 0 Å². The van der Waals surface area contributed by atoms with Crippen LogP contribution in [0.5, 0.6) is 0 Å². The van der Waals surface area contributed by atoms with Crippen molar-refractivity contribution in [3.63, 3.8) is 0 Å². The molecule has 1 aliphatic rings. The molecule has 1 aromatic carbocycles. The van der Waals surface area contributed by atoms with Gasteiger partial charge < -0.3 is 5.32 Å². The lowest BCUT2D eigenvalue weighted by atomic mass is 9.81. The summed E-state index contributed by atoms with van der Waals surface area (Å²) in [6.07, 6.45) is 5.14. The summed E-state index contributed by atoms with van der Waals surface area (Å²) < 4.78 is 0. The SMILES string of the molecule is Cc1cc(C)cc(CC2(CC(C)C)CCCN2)c1. The maximum absolute atomic E-state index is 3.79. The smallest absolute Gasteiger partial charge is 0.0224 e. The first-order valence-electron chi connectivity index (χ1n) is 7.31. The highest BCUT2D eigenvalue weighted by molar-refractivity contribution is 5.30. The Balaban J connectivity index is 2.18. The van der Waals surface area contributed by atoms with E-state index < -0.39 is 0 Å². The van der Waals surface area contributed by atoms with Gasteiger partial charge in [0.25, 0.3) is 0 Å². The number of benzene rings is 1. The molecule has 1 atom stereocenters. The van der Waals surface area contributed by atoms with Gasteiger partial charge in [-0.1, -0.05) is 43.2 Å². The first-order valence-corrected chi connectivity index (χ1v) is 7.31. The molecule has 1 heteroatoms. The molecule has 1 saturated heterocycles. The van der Waals surface area contributed by atoms with Crippen LogP contribution in [0.15, 0.2) is 18.2 Å². The lowest BCUT2D eigenvalue weighted by Crippen LogP contribution is -2.43. The van der Waals surface area contributed by atoms with Crippen molar-refractivity contribution in [2.75, 3.05) is 6.54 Å². The second kappa shape index (κ2) is 5.44. The predicted molar refractivity (Wildman–Crippen MR) is 79.0 cm³/mol. The van der Waals surface area contributed by atoms with E-state index in [1.54, 1.807) is 0 Å². The third kappa shape index (κ3) is 3.35. The Hall–Kier alpha value is -0.820. The third-order valence-corrected chi connectivity index (χ3v) is 3.96. The summed E-state index contributed by atoms with van der Waals surface area (Å²) >= 11 is 0. The van der Waals surface area contributed by atoms with E-state index in [0.717, 1.165) is 5.92 Å². The zero-order valence-corrected chi connectivity index (χ0v) is 12.3. The summed E-state index contributed by atoms with van der Waals surface area (Å²) in [4.78, 5) is 0. The van der Waals surface area contributed by atoms with Crippen molar-refractivity contribution in [3.8, 4) is 0 Å². The van der Waals surface area contributed by atoms with E-state index in [2.05, 4.69) is 51.2 Å². The van der Waals surface area contributed by atoms with Crippen LogP contribution in [0, 0.1) is 19.8 Å². The molecule has 1 heterocycles. The van der Waals surface area contributed by atoms with Crippen LogP contribution in [0.25, 0.3) is 0 Å². The quantitative estimate of drug-likeness (QED) is 0.845. The van der Waals surface area contributed by atoms with Gasteiger partial charge in [-0.15, -0.1) is 0 Å². The van der Waals surface area contributed by atoms with Crippen molar-refractivity contribution in [1.29, 1.82) is 0 Å². The fraction of sp³-hybridized carbons (Fsp3) is 0.647. The average Bonchev–Trinajstić information content (AvgIpc) is 2.63. The number of hydrogen-bond donors (Lipinski definition) is 1. The average molecular weight is 245 g/mol. The molecule has 18 heavy (non-hydrogen) atoms. The van der Waals surface area contributed by atoms with Crippen LogP contribution in [0.3, 0.4) is 0 Å². The Morgan fingerprint density at radius 2 is 1.83 bits per heavy atom. The third-order valence-electron chi connectivity index (χ3n) is 3.96. The summed E-state index contributed by atoms with van der Waals surface area (Å²) in [6.45, 7) is 10.3. The van der Waals surface area contributed by atoms with Crippen molar-refractivity contribution in [2.24, 2.45) is 5.92 Å². The molecule has 0 radical (unpaired) electrons. The van der Waals surface area contributed by atoms with Gasteiger partial charge in [0.05, 0.1) is 0 Å². The molecule has 0 aliphatic carbocycles. The molecular formula is C17H27N. The Labute approximate surface area is 112 Å². The molecule has 1 fully saturated rings. The lowest BCUT2D eigenvalue weighted by molar-refractivity contribution is 0.301. The van der Waals surface area contributed by atoms with Gasteiger partial charge in [0.15, 0.2) is 0 Å². The molecule has 0 amide bonds. The predicted octanol–water partition coefficient (Wildman–Crippen LogP) is 4.01. The molecule has 1 aromatic rings. The van der Waals surface area contributed by atoms with Gasteiger partial charge in [-0.25, -0.2) is 0 Å². The van der Waals surface area contributed by atoms with Crippen LogP contribution in [0.4, 0.5) is 0 Å². The molecule has 0 bridgehead atoms. The van der Waals surface area contributed by atoms with E-state index in [1.165, 1.54) is 48.9 Å². The van der Waals surface area contributed by atoms with Crippen molar-refractivity contribution in [2.45, 2.75) is 58.9 Å². The molecular weight excluding hydrogens is 218 g/mol. The number of nitrogens with one attached hydrogen (secondary N) is 1. The minimum atomic E-state index is 0.356. The maximum atomic E-state index is 3.79. The maximum Gasteiger partial charge on any atom is 0.0224 e. The fourth-order valence-electron chi connectivity index (χ4n) is 3.61. The highest BCUT2D eigenvalue weighted by atomic mass is 15.0. The van der Waals surface area contributed by atoms with Crippen LogP contribution in [-0.2, 0) is 6.42 Å². The normalized spacial score (nSPS) is 23.8. The van der Waals surface area contributed by atoms with Gasteiger partial charge in [0.1, 0.15) is 0 Å². The zero-order valence-electron chi connectivity index (χ0n) is 12.3. The van der Waals surface area contributed by atoms with Crippen molar-refractivity contribution >= 4 is 0 Å². The van der Waals surface area contributed by atoms with E-state index in [-0.39, 0.29) is 0 Å². The van der Waals surface area contributed by atoms with Crippen LogP contribution in [0.2, 0.25) is 0 Å². The van der Waals surface area contributed by atoms with E-state index in [4.69, 9.17) is 0 Å². The first-order chi connectivity index (χ1) is 8.49. The second-order valence-electron chi connectivity index (χ2n) is 6.58. The van der Waals surface area contributed by atoms with Crippen molar-refractivity contribution < 1.29 is 0 Å². The van der Waals surface area contributed by atoms with Gasteiger partial charge in [0, 0.05) is 5.54 Å². The topological polar surface area (TPSA) is 12.0 Å². The summed E-state index contributed by atoms with van der Waals surface area (Å²) in [5, 5.41) is 3.79. The molecule has 1 aliphatic heterocycles. The molecule has 0 saturated carbocycles.